The molecule has 0 saturated heterocycles. The molecule has 1 heterocycles. The second-order valence-corrected chi connectivity index (χ2v) is 4.28. The number of halogens is 2. The van der Waals surface area contributed by atoms with Crippen molar-refractivity contribution in [3.05, 3.63) is 57.7 Å². The average Bonchev–Trinajstić information content (AvgIpc) is 2.77. The van der Waals surface area contributed by atoms with Gasteiger partial charge in [0, 0.05) is 10.0 Å². The summed E-state index contributed by atoms with van der Waals surface area (Å²) < 4.78 is 18.0. The standard InChI is InChI=1S/C12H6BrFO4/c13-8-5-6(14)1-2-7(8)11(15)9-3-4-10(18-9)12(16)17/h1-5H,(H,16,17). The van der Waals surface area contributed by atoms with E-state index in [0.717, 1.165) is 12.1 Å². The molecule has 0 fully saturated rings. The Bertz CT molecular complexity index is 633. The van der Waals surface area contributed by atoms with Crippen molar-refractivity contribution < 1.29 is 23.5 Å². The van der Waals surface area contributed by atoms with Crippen LogP contribution in [-0.2, 0) is 0 Å². The second kappa shape index (κ2) is 4.73. The molecule has 0 bridgehead atoms. The zero-order valence-corrected chi connectivity index (χ0v) is 10.4. The third-order valence-electron chi connectivity index (χ3n) is 2.22. The molecular formula is C12H6BrFO4. The topological polar surface area (TPSA) is 67.5 Å². The molecule has 0 unspecified atom stereocenters. The van der Waals surface area contributed by atoms with Crippen LogP contribution in [0.15, 0.2) is 39.2 Å². The maximum atomic E-state index is 12.9. The van der Waals surface area contributed by atoms with Gasteiger partial charge in [-0.05, 0) is 46.3 Å². The van der Waals surface area contributed by atoms with Crippen molar-refractivity contribution in [2.24, 2.45) is 0 Å². The van der Waals surface area contributed by atoms with Crippen molar-refractivity contribution in [1.82, 2.24) is 0 Å². The Morgan fingerprint density at radius 2 is 1.83 bits per heavy atom. The average molecular weight is 313 g/mol. The minimum Gasteiger partial charge on any atom is -0.475 e. The first-order valence-corrected chi connectivity index (χ1v) is 5.61. The third kappa shape index (κ3) is 2.33. The number of carbonyl (C=O) groups is 2. The minimum atomic E-state index is -1.26. The molecule has 0 aliphatic heterocycles. The fourth-order valence-electron chi connectivity index (χ4n) is 1.38. The SMILES string of the molecule is O=C(O)c1ccc(C(=O)c2ccc(F)cc2Br)o1. The van der Waals surface area contributed by atoms with Crippen LogP contribution in [-0.4, -0.2) is 16.9 Å². The third-order valence-corrected chi connectivity index (χ3v) is 2.87. The van der Waals surface area contributed by atoms with Crippen LogP contribution < -0.4 is 0 Å². The van der Waals surface area contributed by atoms with Gasteiger partial charge in [0.1, 0.15) is 5.82 Å². The lowest BCUT2D eigenvalue weighted by molar-refractivity contribution is 0.0660. The summed E-state index contributed by atoms with van der Waals surface area (Å²) in [5, 5.41) is 8.68. The van der Waals surface area contributed by atoms with Crippen molar-refractivity contribution in [2.45, 2.75) is 0 Å². The van der Waals surface area contributed by atoms with Crippen molar-refractivity contribution in [3.8, 4) is 0 Å². The normalized spacial score (nSPS) is 10.3. The lowest BCUT2D eigenvalue weighted by atomic mass is 10.1. The van der Waals surface area contributed by atoms with E-state index < -0.39 is 17.6 Å². The van der Waals surface area contributed by atoms with Gasteiger partial charge >= 0.3 is 5.97 Å². The van der Waals surface area contributed by atoms with Gasteiger partial charge < -0.3 is 9.52 Å². The second-order valence-electron chi connectivity index (χ2n) is 3.42. The molecular weight excluding hydrogens is 307 g/mol. The van der Waals surface area contributed by atoms with Gasteiger partial charge in [0.25, 0.3) is 0 Å². The molecule has 0 aliphatic rings. The zero-order chi connectivity index (χ0) is 13.3. The molecule has 2 aromatic rings. The van der Waals surface area contributed by atoms with Crippen LogP contribution in [0.2, 0.25) is 0 Å². The quantitative estimate of drug-likeness (QED) is 0.884. The highest BCUT2D eigenvalue weighted by atomic mass is 79.9. The van der Waals surface area contributed by atoms with Gasteiger partial charge in [-0.2, -0.15) is 0 Å². The molecule has 92 valence electrons. The Hall–Kier alpha value is -1.95. The Balaban J connectivity index is 2.38. The Labute approximate surface area is 109 Å². The number of carboxylic acids is 1. The first kappa shape index (κ1) is 12.5. The van der Waals surface area contributed by atoms with E-state index in [2.05, 4.69) is 15.9 Å². The number of ketones is 1. The molecule has 0 saturated carbocycles. The highest BCUT2D eigenvalue weighted by Crippen LogP contribution is 2.22. The van der Waals surface area contributed by atoms with Gasteiger partial charge in [-0.25, -0.2) is 9.18 Å². The predicted octanol–water partition coefficient (Wildman–Crippen LogP) is 3.11. The monoisotopic (exact) mass is 312 g/mol. The van der Waals surface area contributed by atoms with E-state index in [-0.39, 0.29) is 21.6 Å². The number of hydrogen-bond donors (Lipinski definition) is 1. The molecule has 0 spiro atoms. The van der Waals surface area contributed by atoms with Gasteiger partial charge in [-0.15, -0.1) is 0 Å². The van der Waals surface area contributed by atoms with Crippen molar-refractivity contribution >= 4 is 27.7 Å². The molecule has 1 N–H and O–H groups in total. The highest BCUT2D eigenvalue weighted by molar-refractivity contribution is 9.10. The van der Waals surface area contributed by atoms with Crippen molar-refractivity contribution in [2.75, 3.05) is 0 Å². The summed E-state index contributed by atoms with van der Waals surface area (Å²) in [5.74, 6) is -2.69. The summed E-state index contributed by atoms with van der Waals surface area (Å²) in [6.45, 7) is 0. The van der Waals surface area contributed by atoms with E-state index in [9.17, 15) is 14.0 Å². The molecule has 18 heavy (non-hydrogen) atoms. The number of carboxylic acid groups (broad SMARTS) is 1. The number of hydrogen-bond acceptors (Lipinski definition) is 3. The molecule has 4 nitrogen and oxygen atoms in total. The number of aromatic carboxylic acids is 1. The number of furan rings is 1. The molecule has 6 heteroatoms. The van der Waals surface area contributed by atoms with Crippen LogP contribution in [0, 0.1) is 5.82 Å². The smallest absolute Gasteiger partial charge is 0.371 e. The summed E-state index contributed by atoms with van der Waals surface area (Å²) in [6, 6.07) is 6.03. The molecule has 0 aliphatic carbocycles. The number of carbonyl (C=O) groups excluding carboxylic acids is 1. The highest BCUT2D eigenvalue weighted by Gasteiger charge is 2.18. The van der Waals surface area contributed by atoms with Crippen LogP contribution in [0.25, 0.3) is 0 Å². The van der Waals surface area contributed by atoms with Gasteiger partial charge in [0.2, 0.25) is 11.5 Å². The van der Waals surface area contributed by atoms with Crippen LogP contribution in [0.3, 0.4) is 0 Å². The Morgan fingerprint density at radius 1 is 1.17 bits per heavy atom. The van der Waals surface area contributed by atoms with E-state index in [1.165, 1.54) is 18.2 Å². The maximum Gasteiger partial charge on any atom is 0.371 e. The van der Waals surface area contributed by atoms with Crippen molar-refractivity contribution in [1.29, 1.82) is 0 Å². The van der Waals surface area contributed by atoms with E-state index in [1.54, 1.807) is 0 Å². The number of rotatable bonds is 3. The summed E-state index contributed by atoms with van der Waals surface area (Å²) in [7, 11) is 0. The van der Waals surface area contributed by atoms with E-state index in [0.29, 0.717) is 0 Å². The van der Waals surface area contributed by atoms with E-state index >= 15 is 0 Å². The summed E-state index contributed by atoms with van der Waals surface area (Å²) in [6.07, 6.45) is 0. The number of benzene rings is 1. The van der Waals surface area contributed by atoms with Crippen LogP contribution in [0.4, 0.5) is 4.39 Å². The van der Waals surface area contributed by atoms with Gasteiger partial charge in [0.15, 0.2) is 5.76 Å². The van der Waals surface area contributed by atoms with E-state index in [4.69, 9.17) is 9.52 Å². The summed E-state index contributed by atoms with van der Waals surface area (Å²) in [4.78, 5) is 22.6. The van der Waals surface area contributed by atoms with Crippen LogP contribution in [0.5, 0.6) is 0 Å². The predicted molar refractivity (Wildman–Crippen MR) is 63.2 cm³/mol. The fraction of sp³-hybridized carbons (Fsp3) is 0. The first-order valence-electron chi connectivity index (χ1n) is 4.82. The van der Waals surface area contributed by atoms with Crippen LogP contribution >= 0.6 is 15.9 Å². The van der Waals surface area contributed by atoms with E-state index in [1.807, 2.05) is 0 Å². The largest absolute Gasteiger partial charge is 0.475 e. The Morgan fingerprint density at radius 3 is 2.39 bits per heavy atom. The Kier molecular flexibility index (Phi) is 3.29. The minimum absolute atomic E-state index is 0.111. The van der Waals surface area contributed by atoms with Gasteiger partial charge in [-0.1, -0.05) is 0 Å². The van der Waals surface area contributed by atoms with Gasteiger partial charge in [0.05, 0.1) is 0 Å². The van der Waals surface area contributed by atoms with Crippen LogP contribution in [0.1, 0.15) is 26.7 Å². The lowest BCUT2D eigenvalue weighted by Gasteiger charge is -2.01. The van der Waals surface area contributed by atoms with Crippen molar-refractivity contribution in [3.63, 3.8) is 0 Å². The summed E-state index contributed by atoms with van der Waals surface area (Å²) in [5.41, 5.74) is 0.197. The molecule has 1 aromatic carbocycles. The van der Waals surface area contributed by atoms with Gasteiger partial charge in [-0.3, -0.25) is 4.79 Å². The molecule has 0 radical (unpaired) electrons. The lowest BCUT2D eigenvalue weighted by Crippen LogP contribution is -2.01. The molecule has 2 rings (SSSR count). The molecule has 0 atom stereocenters. The zero-order valence-electron chi connectivity index (χ0n) is 8.81. The molecule has 0 amide bonds. The maximum absolute atomic E-state index is 12.9. The first-order chi connectivity index (χ1) is 8.49. The molecule has 1 aromatic heterocycles. The summed E-state index contributed by atoms with van der Waals surface area (Å²) >= 11 is 3.06. The fourth-order valence-corrected chi connectivity index (χ4v) is 1.91.